The van der Waals surface area contributed by atoms with E-state index in [1.807, 2.05) is 6.07 Å². The van der Waals surface area contributed by atoms with Crippen LogP contribution >= 0.6 is 11.6 Å². The van der Waals surface area contributed by atoms with Gasteiger partial charge in [-0.2, -0.15) is 10.1 Å². The molecule has 0 unspecified atom stereocenters. The van der Waals surface area contributed by atoms with Gasteiger partial charge in [0.1, 0.15) is 0 Å². The Morgan fingerprint density at radius 2 is 2.03 bits per heavy atom. The van der Waals surface area contributed by atoms with E-state index < -0.39 is 16.2 Å². The van der Waals surface area contributed by atoms with Gasteiger partial charge in [-0.1, -0.05) is 41.9 Å². The molecule has 0 atom stereocenters. The molecule has 12 heteroatoms. The van der Waals surface area contributed by atoms with Crippen molar-refractivity contribution < 1.29 is 4.92 Å². The maximum Gasteiger partial charge on any atom is 0.329 e. The number of nitrogens with zero attached hydrogens (tertiary/aromatic N) is 5. The highest BCUT2D eigenvalue weighted by atomic mass is 35.5. The number of anilines is 1. The normalized spacial score (nSPS) is 11.3. The van der Waals surface area contributed by atoms with Gasteiger partial charge in [-0.3, -0.25) is 29.0 Å². The Hall–Kier alpha value is -4.25. The van der Waals surface area contributed by atoms with Crippen molar-refractivity contribution in [2.24, 2.45) is 12.1 Å². The summed E-state index contributed by atoms with van der Waals surface area (Å²) in [6.45, 7) is 0.187. The third-order valence-corrected chi connectivity index (χ3v) is 5.12. The molecule has 0 amide bonds. The number of benzene rings is 2. The summed E-state index contributed by atoms with van der Waals surface area (Å²) in [6.07, 6.45) is 1.38. The maximum atomic E-state index is 12.6. The van der Waals surface area contributed by atoms with E-state index in [0.717, 1.165) is 5.56 Å². The van der Waals surface area contributed by atoms with Gasteiger partial charge in [-0.15, -0.1) is 0 Å². The van der Waals surface area contributed by atoms with E-state index >= 15 is 0 Å². The van der Waals surface area contributed by atoms with Gasteiger partial charge in [0, 0.05) is 29.8 Å². The lowest BCUT2D eigenvalue weighted by Gasteiger charge is -2.09. The number of nitro groups is 1. The average Bonchev–Trinajstić information content (AvgIpc) is 3.13. The molecule has 0 spiro atoms. The summed E-state index contributed by atoms with van der Waals surface area (Å²) in [7, 11) is 1.49. The fourth-order valence-corrected chi connectivity index (χ4v) is 3.35. The second kappa shape index (κ2) is 8.47. The molecule has 0 saturated carbocycles. The number of hydrogen-bond acceptors (Lipinski definition) is 7. The number of aromatic nitrogens is 4. The number of nitro benzene ring substituents is 1. The lowest BCUT2D eigenvalue weighted by atomic mass is 10.2. The van der Waals surface area contributed by atoms with Gasteiger partial charge in [0.25, 0.3) is 11.2 Å². The van der Waals surface area contributed by atoms with Crippen LogP contribution in [0.3, 0.4) is 0 Å². The first-order valence-corrected chi connectivity index (χ1v) is 9.69. The van der Waals surface area contributed by atoms with Crippen molar-refractivity contribution in [1.82, 2.24) is 19.1 Å². The topological polar surface area (TPSA) is 140 Å². The molecule has 4 rings (SSSR count). The predicted octanol–water partition coefficient (Wildman–Crippen LogP) is 2.48. The Morgan fingerprint density at radius 1 is 1.25 bits per heavy atom. The first kappa shape index (κ1) is 21.0. The smallest absolute Gasteiger partial charge is 0.298 e. The lowest BCUT2D eigenvalue weighted by molar-refractivity contribution is -0.384. The molecule has 2 aromatic heterocycles. The number of hydrogen-bond donors (Lipinski definition) is 2. The van der Waals surface area contributed by atoms with Gasteiger partial charge in [0.2, 0.25) is 5.95 Å². The number of aromatic amines is 1. The SMILES string of the molecule is Cn1c(=O)[nH]c(=O)c2c1nc(N/N=C/c1cccc([N+](=O)[O-])c1)n2Cc1ccccc1Cl. The molecule has 0 aliphatic rings. The van der Waals surface area contributed by atoms with E-state index in [2.05, 4.69) is 20.5 Å². The van der Waals surface area contributed by atoms with E-state index in [-0.39, 0.29) is 29.3 Å². The Balaban J connectivity index is 1.77. The zero-order chi connectivity index (χ0) is 22.8. The Labute approximate surface area is 184 Å². The second-order valence-electron chi connectivity index (χ2n) is 6.83. The summed E-state index contributed by atoms with van der Waals surface area (Å²) in [4.78, 5) is 41.6. The summed E-state index contributed by atoms with van der Waals surface area (Å²) < 4.78 is 2.77. The summed E-state index contributed by atoms with van der Waals surface area (Å²) in [5, 5.41) is 15.5. The van der Waals surface area contributed by atoms with Gasteiger partial charge < -0.3 is 0 Å². The molecule has 162 valence electrons. The maximum absolute atomic E-state index is 12.6. The van der Waals surface area contributed by atoms with E-state index in [1.165, 1.54) is 30.0 Å². The highest BCUT2D eigenvalue weighted by molar-refractivity contribution is 6.31. The van der Waals surface area contributed by atoms with Crippen LogP contribution in [0.1, 0.15) is 11.1 Å². The van der Waals surface area contributed by atoms with Crippen molar-refractivity contribution in [2.45, 2.75) is 6.54 Å². The molecule has 0 bridgehead atoms. The number of rotatable bonds is 6. The number of non-ortho nitro benzene ring substituents is 1. The largest absolute Gasteiger partial charge is 0.329 e. The van der Waals surface area contributed by atoms with E-state index in [0.29, 0.717) is 10.6 Å². The van der Waals surface area contributed by atoms with Crippen molar-refractivity contribution in [3.63, 3.8) is 0 Å². The summed E-state index contributed by atoms with van der Waals surface area (Å²) in [5.74, 6) is 0.188. The van der Waals surface area contributed by atoms with Crippen LogP contribution in [-0.4, -0.2) is 30.2 Å². The molecule has 0 radical (unpaired) electrons. The first-order valence-electron chi connectivity index (χ1n) is 9.31. The average molecular weight is 454 g/mol. The van der Waals surface area contributed by atoms with E-state index in [9.17, 15) is 19.7 Å². The first-order chi connectivity index (χ1) is 15.3. The summed E-state index contributed by atoms with van der Waals surface area (Å²) >= 11 is 6.29. The molecule has 32 heavy (non-hydrogen) atoms. The van der Waals surface area contributed by atoms with Gasteiger partial charge in [-0.25, -0.2) is 10.2 Å². The number of hydrazone groups is 1. The predicted molar refractivity (Wildman–Crippen MR) is 120 cm³/mol. The molecule has 2 aromatic carbocycles. The summed E-state index contributed by atoms with van der Waals surface area (Å²) in [5.41, 5.74) is 3.04. The molecule has 2 N–H and O–H groups in total. The van der Waals surface area contributed by atoms with E-state index in [4.69, 9.17) is 11.6 Å². The number of H-pyrrole nitrogens is 1. The molecule has 0 saturated heterocycles. The van der Waals surface area contributed by atoms with Crippen LogP contribution in [0.5, 0.6) is 0 Å². The van der Waals surface area contributed by atoms with Crippen LogP contribution < -0.4 is 16.7 Å². The molecule has 0 aliphatic carbocycles. The fraction of sp³-hybridized carbons (Fsp3) is 0.100. The minimum Gasteiger partial charge on any atom is -0.298 e. The number of nitrogens with one attached hydrogen (secondary N) is 2. The molecular formula is C20H16ClN7O4. The van der Waals surface area contributed by atoms with Crippen molar-refractivity contribution in [2.75, 3.05) is 5.43 Å². The number of aryl methyl sites for hydroxylation is 1. The van der Waals surface area contributed by atoms with Crippen LogP contribution in [0.15, 0.2) is 63.2 Å². The van der Waals surface area contributed by atoms with Crippen molar-refractivity contribution in [1.29, 1.82) is 0 Å². The highest BCUT2D eigenvalue weighted by Gasteiger charge is 2.18. The molecule has 11 nitrogen and oxygen atoms in total. The van der Waals surface area contributed by atoms with Gasteiger partial charge in [0.05, 0.1) is 17.7 Å². The Kier molecular flexibility index (Phi) is 5.56. The molecule has 2 heterocycles. The number of imidazole rings is 1. The zero-order valence-corrected chi connectivity index (χ0v) is 17.4. The minimum absolute atomic E-state index is 0.0681. The van der Waals surface area contributed by atoms with Crippen LogP contribution in [0.4, 0.5) is 11.6 Å². The van der Waals surface area contributed by atoms with Crippen LogP contribution in [-0.2, 0) is 13.6 Å². The Bertz CT molecular complexity index is 1490. The van der Waals surface area contributed by atoms with Gasteiger partial charge in [-0.05, 0) is 11.6 Å². The third kappa shape index (κ3) is 4.01. The van der Waals surface area contributed by atoms with Crippen LogP contribution in [0, 0.1) is 10.1 Å². The minimum atomic E-state index is -0.600. The number of fused-ring (bicyclic) bond motifs is 1. The van der Waals surface area contributed by atoms with Crippen molar-refractivity contribution in [3.8, 4) is 0 Å². The lowest BCUT2D eigenvalue weighted by Crippen LogP contribution is -2.29. The van der Waals surface area contributed by atoms with Crippen molar-refractivity contribution in [3.05, 3.63) is 95.6 Å². The molecule has 4 aromatic rings. The van der Waals surface area contributed by atoms with E-state index in [1.54, 1.807) is 34.9 Å². The summed E-state index contributed by atoms with van der Waals surface area (Å²) in [6, 6.07) is 13.1. The quantitative estimate of drug-likeness (QED) is 0.261. The standard InChI is InChI=1S/C20H16ClN7O4/c1-26-17-16(18(29)24-20(26)30)27(11-13-6-2-3-8-15(13)21)19(23-17)25-22-10-12-5-4-7-14(9-12)28(31)32/h2-10H,11H2,1H3,(H,23,25)(H,24,29,30)/b22-10+. The second-order valence-corrected chi connectivity index (χ2v) is 7.23. The Morgan fingerprint density at radius 3 is 2.78 bits per heavy atom. The highest BCUT2D eigenvalue weighted by Crippen LogP contribution is 2.22. The monoisotopic (exact) mass is 453 g/mol. The zero-order valence-electron chi connectivity index (χ0n) is 16.7. The molecule has 0 fully saturated rings. The number of halogens is 1. The van der Waals surface area contributed by atoms with Gasteiger partial charge in [0.15, 0.2) is 11.2 Å². The fourth-order valence-electron chi connectivity index (χ4n) is 3.15. The molecule has 0 aliphatic heterocycles. The van der Waals surface area contributed by atoms with Crippen molar-refractivity contribution >= 4 is 40.6 Å². The third-order valence-electron chi connectivity index (χ3n) is 4.75. The van der Waals surface area contributed by atoms with Gasteiger partial charge >= 0.3 is 5.69 Å². The van der Waals surface area contributed by atoms with Crippen LogP contribution in [0.25, 0.3) is 11.2 Å². The molecular weight excluding hydrogens is 438 g/mol. The van der Waals surface area contributed by atoms with Crippen LogP contribution in [0.2, 0.25) is 5.02 Å².